The van der Waals surface area contributed by atoms with Crippen molar-refractivity contribution in [3.8, 4) is 0 Å². The molecule has 0 radical (unpaired) electrons. The van der Waals surface area contributed by atoms with E-state index in [9.17, 15) is 0 Å². The third-order valence-electron chi connectivity index (χ3n) is 2.45. The lowest BCUT2D eigenvalue weighted by atomic mass is 9.76. The molecule has 0 bridgehead atoms. The average Bonchev–Trinajstić information content (AvgIpc) is 2.01. The first kappa shape index (κ1) is 6.86. The topological polar surface area (TPSA) is 26.0 Å². The molecular formula is C10H13N. The van der Waals surface area contributed by atoms with Crippen molar-refractivity contribution < 1.29 is 0 Å². The molecule has 58 valence electrons. The number of rotatable bonds is 1. The van der Waals surface area contributed by atoms with Crippen LogP contribution in [-0.2, 0) is 0 Å². The van der Waals surface area contributed by atoms with Crippen LogP contribution in [0.2, 0.25) is 0 Å². The minimum atomic E-state index is 0.459. The molecule has 1 aromatic rings. The molecule has 1 nitrogen and oxygen atoms in total. The van der Waals surface area contributed by atoms with Gasteiger partial charge in [-0.1, -0.05) is 30.3 Å². The highest BCUT2D eigenvalue weighted by atomic mass is 14.7. The van der Waals surface area contributed by atoms with Gasteiger partial charge in [-0.25, -0.2) is 0 Å². The van der Waals surface area contributed by atoms with Gasteiger partial charge < -0.3 is 5.73 Å². The van der Waals surface area contributed by atoms with Crippen molar-refractivity contribution in [2.45, 2.75) is 24.8 Å². The molecule has 1 aliphatic carbocycles. The molecule has 2 N–H and O–H groups in total. The van der Waals surface area contributed by atoms with Crippen molar-refractivity contribution >= 4 is 0 Å². The molecule has 11 heavy (non-hydrogen) atoms. The summed E-state index contributed by atoms with van der Waals surface area (Å²) < 4.78 is 0. The monoisotopic (exact) mass is 147 g/mol. The van der Waals surface area contributed by atoms with Crippen LogP contribution >= 0.6 is 0 Å². The highest BCUT2D eigenvalue weighted by molar-refractivity contribution is 5.22. The number of benzene rings is 1. The molecule has 1 aliphatic rings. The second-order valence-corrected chi connectivity index (χ2v) is 3.34. The summed E-state index contributed by atoms with van der Waals surface area (Å²) in [6.07, 6.45) is 2.34. The van der Waals surface area contributed by atoms with Crippen molar-refractivity contribution in [3.63, 3.8) is 0 Å². The largest absolute Gasteiger partial charge is 0.328 e. The summed E-state index contributed by atoms with van der Waals surface area (Å²) in [5, 5.41) is 0. The standard InChI is InChI=1S/C10H13N/c11-10-6-9(7-10)8-4-2-1-3-5-8/h1-5,9-10H,6-7,11H2/t9-,10+. The molecule has 0 heterocycles. The van der Waals surface area contributed by atoms with E-state index in [0.29, 0.717) is 6.04 Å². The second-order valence-electron chi connectivity index (χ2n) is 3.34. The molecular weight excluding hydrogens is 134 g/mol. The normalized spacial score (nSPS) is 29.5. The summed E-state index contributed by atoms with van der Waals surface area (Å²) in [5.41, 5.74) is 7.16. The van der Waals surface area contributed by atoms with Gasteiger partial charge in [0.25, 0.3) is 0 Å². The lowest BCUT2D eigenvalue weighted by molar-refractivity contribution is 0.351. The van der Waals surface area contributed by atoms with Gasteiger partial charge in [-0.05, 0) is 24.3 Å². The Balaban J connectivity index is 2.08. The maximum Gasteiger partial charge on any atom is 0.00504 e. The molecule has 0 aromatic heterocycles. The van der Waals surface area contributed by atoms with Gasteiger partial charge in [-0.2, -0.15) is 0 Å². The Morgan fingerprint density at radius 1 is 1.09 bits per heavy atom. The minimum absolute atomic E-state index is 0.459. The highest BCUT2D eigenvalue weighted by Crippen LogP contribution is 2.35. The summed E-state index contributed by atoms with van der Waals surface area (Å²) in [6, 6.07) is 11.1. The van der Waals surface area contributed by atoms with Gasteiger partial charge in [0, 0.05) is 6.04 Å². The van der Waals surface area contributed by atoms with Gasteiger partial charge in [0.05, 0.1) is 0 Å². The third kappa shape index (κ3) is 1.29. The van der Waals surface area contributed by atoms with E-state index in [0.717, 1.165) is 5.92 Å². The molecule has 0 atom stereocenters. The van der Waals surface area contributed by atoms with Crippen molar-refractivity contribution in [1.82, 2.24) is 0 Å². The Kier molecular flexibility index (Phi) is 1.66. The predicted octanol–water partition coefficient (Wildman–Crippen LogP) is 1.89. The van der Waals surface area contributed by atoms with E-state index in [1.807, 2.05) is 0 Å². The van der Waals surface area contributed by atoms with E-state index >= 15 is 0 Å². The van der Waals surface area contributed by atoms with Crippen LogP contribution in [0, 0.1) is 0 Å². The van der Waals surface area contributed by atoms with E-state index in [1.54, 1.807) is 0 Å². The summed E-state index contributed by atoms with van der Waals surface area (Å²) in [4.78, 5) is 0. The molecule has 2 rings (SSSR count). The lowest BCUT2D eigenvalue weighted by Crippen LogP contribution is -2.34. The molecule has 1 fully saturated rings. The summed E-state index contributed by atoms with van der Waals surface area (Å²) in [6.45, 7) is 0. The lowest BCUT2D eigenvalue weighted by Gasteiger charge is -2.32. The first-order chi connectivity index (χ1) is 5.36. The minimum Gasteiger partial charge on any atom is -0.328 e. The Labute approximate surface area is 67.2 Å². The van der Waals surface area contributed by atoms with Crippen LogP contribution < -0.4 is 5.73 Å². The van der Waals surface area contributed by atoms with Gasteiger partial charge in [-0.15, -0.1) is 0 Å². The third-order valence-corrected chi connectivity index (χ3v) is 2.45. The van der Waals surface area contributed by atoms with E-state index in [4.69, 9.17) is 5.73 Å². The van der Waals surface area contributed by atoms with Gasteiger partial charge in [0.1, 0.15) is 0 Å². The molecule has 0 saturated heterocycles. The van der Waals surface area contributed by atoms with Crippen LogP contribution in [0.3, 0.4) is 0 Å². The van der Waals surface area contributed by atoms with Crippen molar-refractivity contribution in [2.75, 3.05) is 0 Å². The fraction of sp³-hybridized carbons (Fsp3) is 0.400. The molecule has 0 amide bonds. The van der Waals surface area contributed by atoms with Crippen LogP contribution in [0.5, 0.6) is 0 Å². The fourth-order valence-electron chi connectivity index (χ4n) is 1.66. The zero-order valence-corrected chi connectivity index (χ0v) is 6.53. The maximum absolute atomic E-state index is 5.71. The van der Waals surface area contributed by atoms with E-state index < -0.39 is 0 Å². The van der Waals surface area contributed by atoms with Gasteiger partial charge in [0.15, 0.2) is 0 Å². The van der Waals surface area contributed by atoms with Crippen LogP contribution in [0.25, 0.3) is 0 Å². The molecule has 1 saturated carbocycles. The van der Waals surface area contributed by atoms with Gasteiger partial charge >= 0.3 is 0 Å². The van der Waals surface area contributed by atoms with Crippen LogP contribution in [-0.4, -0.2) is 6.04 Å². The molecule has 0 aliphatic heterocycles. The van der Waals surface area contributed by atoms with Crippen molar-refractivity contribution in [2.24, 2.45) is 5.73 Å². The molecule has 1 aromatic carbocycles. The van der Waals surface area contributed by atoms with Gasteiger partial charge in [0.2, 0.25) is 0 Å². The first-order valence-corrected chi connectivity index (χ1v) is 4.17. The highest BCUT2D eigenvalue weighted by Gasteiger charge is 2.26. The van der Waals surface area contributed by atoms with Crippen LogP contribution in [0.1, 0.15) is 24.3 Å². The molecule has 1 heteroatoms. The van der Waals surface area contributed by atoms with Crippen LogP contribution in [0.15, 0.2) is 30.3 Å². The average molecular weight is 147 g/mol. The Morgan fingerprint density at radius 3 is 2.27 bits per heavy atom. The van der Waals surface area contributed by atoms with Gasteiger partial charge in [-0.3, -0.25) is 0 Å². The predicted molar refractivity (Wildman–Crippen MR) is 46.4 cm³/mol. The molecule has 0 unspecified atom stereocenters. The zero-order chi connectivity index (χ0) is 7.68. The Hall–Kier alpha value is -0.820. The second kappa shape index (κ2) is 2.67. The van der Waals surface area contributed by atoms with E-state index in [2.05, 4.69) is 30.3 Å². The van der Waals surface area contributed by atoms with Crippen molar-refractivity contribution in [3.05, 3.63) is 35.9 Å². The number of hydrogen-bond donors (Lipinski definition) is 1. The van der Waals surface area contributed by atoms with Crippen molar-refractivity contribution in [1.29, 1.82) is 0 Å². The van der Waals surface area contributed by atoms with Crippen LogP contribution in [0.4, 0.5) is 0 Å². The SMILES string of the molecule is N[C@H]1C[C@@H](c2ccccc2)C1. The number of nitrogens with two attached hydrogens (primary N) is 1. The smallest absolute Gasteiger partial charge is 0.00504 e. The zero-order valence-electron chi connectivity index (χ0n) is 6.53. The van der Waals surface area contributed by atoms with E-state index in [-0.39, 0.29) is 0 Å². The quantitative estimate of drug-likeness (QED) is 0.645. The fourth-order valence-corrected chi connectivity index (χ4v) is 1.66. The summed E-state index contributed by atoms with van der Waals surface area (Å²) in [7, 11) is 0. The first-order valence-electron chi connectivity index (χ1n) is 4.17. The Morgan fingerprint density at radius 2 is 1.73 bits per heavy atom. The Bertz CT molecular complexity index is 224. The maximum atomic E-state index is 5.71. The molecule has 0 spiro atoms. The summed E-state index contributed by atoms with van der Waals surface area (Å²) >= 11 is 0. The number of hydrogen-bond acceptors (Lipinski definition) is 1. The summed E-state index contributed by atoms with van der Waals surface area (Å²) in [5.74, 6) is 0.742. The van der Waals surface area contributed by atoms with E-state index in [1.165, 1.54) is 18.4 Å².